The number of halogens is 2. The van der Waals surface area contributed by atoms with Crippen LogP contribution in [0.3, 0.4) is 0 Å². The summed E-state index contributed by atoms with van der Waals surface area (Å²) >= 11 is 0. The smallest absolute Gasteiger partial charge is 0.255 e. The number of phenolic OH excluding ortho intramolecular Hbond substituents is 1. The number of hydrogen-bond acceptors (Lipinski definition) is 7. The molecule has 10 heteroatoms. The number of nitrogens with one attached hydrogen (secondary N) is 1. The molecule has 0 radical (unpaired) electrons. The molecule has 4 rings (SSSR count). The van der Waals surface area contributed by atoms with E-state index in [2.05, 4.69) is 20.3 Å². The lowest BCUT2D eigenvalue weighted by Gasteiger charge is -2.21. The summed E-state index contributed by atoms with van der Waals surface area (Å²) in [6, 6.07) is 10.9. The van der Waals surface area contributed by atoms with Crippen LogP contribution in [0.2, 0.25) is 0 Å². The van der Waals surface area contributed by atoms with Crippen LogP contribution in [0.5, 0.6) is 5.75 Å². The summed E-state index contributed by atoms with van der Waals surface area (Å²) in [6.45, 7) is 1.98. The fourth-order valence-corrected chi connectivity index (χ4v) is 3.42. The van der Waals surface area contributed by atoms with Crippen LogP contribution >= 0.6 is 0 Å². The number of anilines is 3. The largest absolute Gasteiger partial charge is 0.507 e. The van der Waals surface area contributed by atoms with Gasteiger partial charge in [0.15, 0.2) is 0 Å². The maximum Gasteiger partial charge on any atom is 0.255 e. The molecule has 0 fully saturated rings. The van der Waals surface area contributed by atoms with Gasteiger partial charge >= 0.3 is 0 Å². The molecule has 0 saturated carbocycles. The number of nitrogen functional groups attached to an aromatic ring is 1. The highest BCUT2D eigenvalue weighted by molar-refractivity contribution is 5.98. The first kappa shape index (κ1) is 23.6. The average Bonchev–Trinajstić information content (AvgIpc) is 2.83. The summed E-state index contributed by atoms with van der Waals surface area (Å²) in [5.74, 6) is -1.95. The summed E-state index contributed by atoms with van der Waals surface area (Å²) < 4.78 is 27.5. The van der Waals surface area contributed by atoms with Crippen LogP contribution in [0.1, 0.15) is 21.7 Å². The number of nitrogens with two attached hydrogens (primary N) is 1. The summed E-state index contributed by atoms with van der Waals surface area (Å²) in [6.07, 6.45) is 3.18. The Kier molecular flexibility index (Phi) is 6.54. The molecule has 0 bridgehead atoms. The highest BCUT2D eigenvalue weighted by atomic mass is 19.1. The maximum atomic E-state index is 14.2. The van der Waals surface area contributed by atoms with Crippen LogP contribution in [0.25, 0.3) is 11.3 Å². The molecule has 4 N–H and O–H groups in total. The topological polar surface area (TPSA) is 117 Å². The van der Waals surface area contributed by atoms with Gasteiger partial charge < -0.3 is 21.1 Å². The monoisotopic (exact) mass is 476 g/mol. The fourth-order valence-electron chi connectivity index (χ4n) is 3.42. The summed E-state index contributed by atoms with van der Waals surface area (Å²) in [5, 5.41) is 13.1. The molecule has 4 aromatic rings. The molecule has 0 aliphatic carbocycles. The molecule has 2 aromatic heterocycles. The number of phenols is 1. The van der Waals surface area contributed by atoms with E-state index in [4.69, 9.17) is 5.73 Å². The first-order chi connectivity index (χ1) is 16.7. The number of aromatic hydroxyl groups is 1. The number of rotatable bonds is 6. The molecule has 2 aromatic carbocycles. The van der Waals surface area contributed by atoms with Gasteiger partial charge in [0, 0.05) is 30.6 Å². The number of carbonyl (C=O) groups excluding carboxylic acids is 1. The minimum Gasteiger partial charge on any atom is -0.507 e. The number of nitrogens with zero attached hydrogens (tertiary/aromatic N) is 4. The van der Waals surface area contributed by atoms with E-state index in [0.717, 1.165) is 17.8 Å². The molecule has 0 saturated heterocycles. The van der Waals surface area contributed by atoms with Crippen molar-refractivity contribution in [1.29, 1.82) is 0 Å². The number of amides is 1. The number of pyridine rings is 1. The van der Waals surface area contributed by atoms with Crippen molar-refractivity contribution in [2.24, 2.45) is 0 Å². The van der Waals surface area contributed by atoms with Crippen molar-refractivity contribution in [2.45, 2.75) is 13.5 Å². The lowest BCUT2D eigenvalue weighted by Crippen LogP contribution is -2.24. The van der Waals surface area contributed by atoms with Crippen LogP contribution in [0, 0.1) is 18.6 Å². The maximum absolute atomic E-state index is 14.2. The highest BCUT2D eigenvalue weighted by Gasteiger charge is 2.17. The Morgan fingerprint density at radius 1 is 1.09 bits per heavy atom. The van der Waals surface area contributed by atoms with Crippen LogP contribution in [-0.2, 0) is 6.54 Å². The zero-order valence-electron chi connectivity index (χ0n) is 19.0. The first-order valence-electron chi connectivity index (χ1n) is 10.6. The van der Waals surface area contributed by atoms with Gasteiger partial charge in [-0.25, -0.2) is 13.8 Å². The number of aryl methyl sites for hydroxylation is 1. The Labute approximate surface area is 200 Å². The van der Waals surface area contributed by atoms with E-state index < -0.39 is 17.5 Å². The lowest BCUT2D eigenvalue weighted by atomic mass is 10.1. The number of carbonyl (C=O) groups is 1. The van der Waals surface area contributed by atoms with Gasteiger partial charge in [-0.05, 0) is 49.4 Å². The average molecular weight is 476 g/mol. The van der Waals surface area contributed by atoms with E-state index in [-0.39, 0.29) is 29.4 Å². The number of hydrogen-bond donors (Lipinski definition) is 3. The normalized spacial score (nSPS) is 10.7. The highest BCUT2D eigenvalue weighted by Crippen LogP contribution is 2.35. The van der Waals surface area contributed by atoms with Crippen LogP contribution in [-0.4, -0.2) is 33.0 Å². The number of aromatic nitrogens is 3. The third kappa shape index (κ3) is 5.16. The molecule has 35 heavy (non-hydrogen) atoms. The van der Waals surface area contributed by atoms with Gasteiger partial charge in [0.1, 0.15) is 23.2 Å². The van der Waals surface area contributed by atoms with Crippen molar-refractivity contribution in [3.8, 4) is 17.0 Å². The van der Waals surface area contributed by atoms with Gasteiger partial charge in [0.25, 0.3) is 5.91 Å². The van der Waals surface area contributed by atoms with Gasteiger partial charge in [-0.15, -0.1) is 0 Å². The Hall–Kier alpha value is -4.60. The lowest BCUT2D eigenvalue weighted by molar-refractivity contribution is 0.0951. The molecule has 0 aliphatic heterocycles. The molecule has 2 heterocycles. The van der Waals surface area contributed by atoms with E-state index in [0.29, 0.717) is 22.6 Å². The van der Waals surface area contributed by atoms with E-state index in [1.54, 1.807) is 37.6 Å². The first-order valence-corrected chi connectivity index (χ1v) is 10.6. The molecular formula is C25H22F2N6O2. The zero-order valence-corrected chi connectivity index (χ0v) is 19.0. The minimum atomic E-state index is -0.725. The fraction of sp³-hybridized carbons (Fsp3) is 0.120. The van der Waals surface area contributed by atoms with E-state index in [1.807, 2.05) is 6.92 Å². The van der Waals surface area contributed by atoms with Crippen molar-refractivity contribution in [2.75, 3.05) is 17.7 Å². The van der Waals surface area contributed by atoms with Crippen molar-refractivity contribution < 1.29 is 18.7 Å². The van der Waals surface area contributed by atoms with Crippen molar-refractivity contribution in [1.82, 2.24) is 20.3 Å². The Balaban J connectivity index is 1.56. The predicted octanol–water partition coefficient (Wildman–Crippen LogP) is 4.11. The quantitative estimate of drug-likeness (QED) is 0.383. The molecular weight excluding hydrogens is 454 g/mol. The van der Waals surface area contributed by atoms with E-state index >= 15 is 0 Å². The Morgan fingerprint density at radius 3 is 2.57 bits per heavy atom. The van der Waals surface area contributed by atoms with Gasteiger partial charge in [-0.2, -0.15) is 0 Å². The second kappa shape index (κ2) is 9.72. The van der Waals surface area contributed by atoms with Crippen molar-refractivity contribution in [3.05, 3.63) is 89.5 Å². The molecule has 178 valence electrons. The van der Waals surface area contributed by atoms with Crippen LogP contribution < -0.4 is 16.0 Å². The van der Waals surface area contributed by atoms with E-state index in [9.17, 15) is 18.7 Å². The van der Waals surface area contributed by atoms with Crippen LogP contribution in [0.4, 0.5) is 26.0 Å². The van der Waals surface area contributed by atoms with Crippen LogP contribution in [0.15, 0.2) is 60.9 Å². The predicted molar refractivity (Wildman–Crippen MR) is 128 cm³/mol. The third-order valence-electron chi connectivity index (χ3n) is 5.35. The standard InChI is InChI=1S/C25H22F2N6O2/c1-14-11-30-16(12-29-14)13-31-25(35)18-5-6-21(32-24(18)28)19-10-17(4-8-23(19)34)33(2)22-7-3-15(26)9-20(22)27/h3-12,34H,13H2,1-2H3,(H2,28,32)(H,31,35). The van der Waals surface area contributed by atoms with Gasteiger partial charge in [0.05, 0.1) is 41.1 Å². The summed E-state index contributed by atoms with van der Waals surface area (Å²) in [5.41, 5.74) is 8.88. The second-order valence-electron chi connectivity index (χ2n) is 7.82. The zero-order chi connectivity index (χ0) is 25.1. The summed E-state index contributed by atoms with van der Waals surface area (Å²) in [7, 11) is 1.61. The molecule has 0 atom stereocenters. The Bertz CT molecular complexity index is 1400. The molecule has 8 nitrogen and oxygen atoms in total. The molecule has 0 spiro atoms. The third-order valence-corrected chi connectivity index (χ3v) is 5.35. The van der Waals surface area contributed by atoms with Gasteiger partial charge in [-0.1, -0.05) is 0 Å². The number of benzene rings is 2. The van der Waals surface area contributed by atoms with E-state index in [1.165, 1.54) is 23.1 Å². The minimum absolute atomic E-state index is 0.0299. The molecule has 0 aliphatic rings. The van der Waals surface area contributed by atoms with Gasteiger partial charge in [0.2, 0.25) is 0 Å². The van der Waals surface area contributed by atoms with Crippen molar-refractivity contribution in [3.63, 3.8) is 0 Å². The van der Waals surface area contributed by atoms with Gasteiger partial charge in [-0.3, -0.25) is 14.8 Å². The van der Waals surface area contributed by atoms with Crippen molar-refractivity contribution >= 4 is 23.1 Å². The SMILES string of the molecule is Cc1cnc(CNC(=O)c2ccc(-c3cc(N(C)c4ccc(F)cc4F)ccc3O)nc2N)cn1. The summed E-state index contributed by atoms with van der Waals surface area (Å²) in [4.78, 5) is 26.7. The second-order valence-corrected chi connectivity index (χ2v) is 7.82. The molecule has 1 amide bonds. The molecule has 0 unspecified atom stereocenters. The Morgan fingerprint density at radius 2 is 1.89 bits per heavy atom.